The summed E-state index contributed by atoms with van der Waals surface area (Å²) in [6.07, 6.45) is -4.40. The van der Waals surface area contributed by atoms with Crippen molar-refractivity contribution >= 4 is 5.97 Å². The summed E-state index contributed by atoms with van der Waals surface area (Å²) in [5.74, 6) is -3.16. The molecule has 0 bridgehead atoms. The number of rotatable bonds is 3. The number of carbonyl (C=O) groups is 1. The number of azide groups is 1. The third kappa shape index (κ3) is 2.53. The van der Waals surface area contributed by atoms with E-state index < -0.39 is 42.8 Å². The molecule has 1 heterocycles. The first-order valence-electron chi connectivity index (χ1n) is 5.04. The highest BCUT2D eigenvalue weighted by Gasteiger charge is 2.54. The molecule has 10 nitrogen and oxygen atoms in total. The molecule has 1 saturated heterocycles. The molecule has 0 radical (unpaired) electrons. The zero-order valence-electron chi connectivity index (χ0n) is 9.50. The second-order valence-corrected chi connectivity index (χ2v) is 3.76. The fourth-order valence-electron chi connectivity index (χ4n) is 1.63. The van der Waals surface area contributed by atoms with E-state index in [0.29, 0.717) is 0 Å². The van der Waals surface area contributed by atoms with Crippen LogP contribution in [0.5, 0.6) is 0 Å². The predicted molar refractivity (Wildman–Crippen MR) is 55.6 cm³/mol. The van der Waals surface area contributed by atoms with Gasteiger partial charge in [-0.3, -0.25) is 4.79 Å². The number of hydrogen-bond acceptors (Lipinski definition) is 8. The summed E-state index contributed by atoms with van der Waals surface area (Å²) in [5.41, 5.74) is 14.0. The van der Waals surface area contributed by atoms with Crippen LogP contribution in [0, 0.1) is 0 Å². The molecule has 5 atom stereocenters. The summed E-state index contributed by atoms with van der Waals surface area (Å²) in [7, 11) is 0. The van der Waals surface area contributed by atoms with Crippen LogP contribution in [-0.4, -0.2) is 58.2 Å². The molecule has 5 N–H and O–H groups in total. The molecule has 1 unspecified atom stereocenters. The highest BCUT2D eigenvalue weighted by Crippen LogP contribution is 2.31. The van der Waals surface area contributed by atoms with Crippen molar-refractivity contribution in [3.05, 3.63) is 10.4 Å². The number of nitrogens with zero attached hydrogens (tertiary/aromatic N) is 3. The summed E-state index contributed by atoms with van der Waals surface area (Å²) in [6.45, 7) is 0.338. The van der Waals surface area contributed by atoms with Gasteiger partial charge < -0.3 is 30.5 Å². The third-order valence-corrected chi connectivity index (χ3v) is 2.49. The normalized spacial score (nSPS) is 39.8. The van der Waals surface area contributed by atoms with Crippen molar-refractivity contribution in [3.63, 3.8) is 0 Å². The Hall–Kier alpha value is -1.42. The molecule has 1 fully saturated rings. The van der Waals surface area contributed by atoms with Crippen molar-refractivity contribution in [3.8, 4) is 0 Å². The van der Waals surface area contributed by atoms with Gasteiger partial charge in [0.25, 0.3) is 0 Å². The van der Waals surface area contributed by atoms with Gasteiger partial charge in [-0.1, -0.05) is 0 Å². The molecule has 1 aliphatic heterocycles. The van der Waals surface area contributed by atoms with Gasteiger partial charge >= 0.3 is 11.9 Å². The maximum absolute atomic E-state index is 11.0. The average Bonchev–Trinajstić information content (AvgIpc) is 2.31. The number of esters is 1. The first kappa shape index (κ1) is 14.6. The highest BCUT2D eigenvalue weighted by atomic mass is 16.7. The van der Waals surface area contributed by atoms with Crippen molar-refractivity contribution < 1.29 is 29.6 Å². The molecule has 0 amide bonds. The first-order chi connectivity index (χ1) is 8.38. The maximum Gasteiger partial charge on any atom is 0.311 e. The molecule has 0 aliphatic carbocycles. The van der Waals surface area contributed by atoms with E-state index in [4.69, 9.17) is 25.8 Å². The largest absolute Gasteiger partial charge is 0.424 e. The van der Waals surface area contributed by atoms with Crippen LogP contribution in [0.1, 0.15) is 6.92 Å². The summed E-state index contributed by atoms with van der Waals surface area (Å²) >= 11 is 0. The van der Waals surface area contributed by atoms with Crippen LogP contribution in [0.25, 0.3) is 10.4 Å². The molecule has 0 spiro atoms. The van der Waals surface area contributed by atoms with Gasteiger partial charge in [-0.2, -0.15) is 0 Å². The van der Waals surface area contributed by atoms with Crippen LogP contribution in [0.4, 0.5) is 0 Å². The topological polar surface area (TPSA) is 171 Å². The molecule has 1 aliphatic rings. The maximum atomic E-state index is 11.0. The number of ether oxygens (including phenoxy) is 2. The molecule has 0 aromatic carbocycles. The molecular weight excluding hydrogens is 248 g/mol. The summed E-state index contributed by atoms with van der Waals surface area (Å²) in [5, 5.41) is 31.3. The lowest BCUT2D eigenvalue weighted by atomic mass is 9.95. The van der Waals surface area contributed by atoms with Crippen LogP contribution in [-0.2, 0) is 14.3 Å². The smallest absolute Gasteiger partial charge is 0.311 e. The minimum absolute atomic E-state index is 0.686. The lowest BCUT2D eigenvalue weighted by molar-refractivity contribution is -0.315. The van der Waals surface area contributed by atoms with E-state index in [9.17, 15) is 15.0 Å². The Balaban J connectivity index is 3.14. The molecule has 102 valence electrons. The second kappa shape index (κ2) is 5.48. The Kier molecular flexibility index (Phi) is 4.46. The van der Waals surface area contributed by atoms with Crippen LogP contribution >= 0.6 is 0 Å². The Morgan fingerprint density at radius 1 is 1.61 bits per heavy atom. The summed E-state index contributed by atoms with van der Waals surface area (Å²) in [4.78, 5) is 13.4. The zero-order valence-corrected chi connectivity index (χ0v) is 9.50. The van der Waals surface area contributed by atoms with Gasteiger partial charge in [-0.15, -0.1) is 0 Å². The van der Waals surface area contributed by atoms with E-state index in [-0.39, 0.29) is 0 Å². The average molecular weight is 262 g/mol. The third-order valence-electron chi connectivity index (χ3n) is 2.49. The van der Waals surface area contributed by atoms with E-state index in [1.807, 2.05) is 0 Å². The van der Waals surface area contributed by atoms with Gasteiger partial charge in [0, 0.05) is 11.8 Å². The van der Waals surface area contributed by atoms with E-state index in [0.717, 1.165) is 6.92 Å². The molecule has 0 aromatic rings. The van der Waals surface area contributed by atoms with Crippen LogP contribution in [0.3, 0.4) is 0 Å². The lowest BCUT2D eigenvalue weighted by Crippen LogP contribution is -2.68. The van der Waals surface area contributed by atoms with Crippen molar-refractivity contribution in [1.82, 2.24) is 0 Å². The predicted octanol–water partition coefficient (Wildman–Crippen LogP) is -2.05. The Morgan fingerprint density at radius 2 is 2.22 bits per heavy atom. The van der Waals surface area contributed by atoms with E-state index in [1.54, 1.807) is 0 Å². The number of nitrogens with two attached hydrogens (primary N) is 1. The second-order valence-electron chi connectivity index (χ2n) is 3.76. The Bertz CT molecular complexity index is 371. The molecule has 1 rings (SSSR count). The monoisotopic (exact) mass is 262 g/mol. The van der Waals surface area contributed by atoms with Crippen molar-refractivity contribution in [2.45, 2.75) is 37.2 Å². The fraction of sp³-hybridized carbons (Fsp3) is 0.875. The van der Waals surface area contributed by atoms with Gasteiger partial charge in [0.1, 0.15) is 24.4 Å². The Labute approximate surface area is 102 Å². The van der Waals surface area contributed by atoms with Gasteiger partial charge in [0.05, 0.1) is 6.61 Å². The molecule has 0 saturated carbocycles. The number of carbonyl (C=O) groups excluding carboxylic acids is 1. The van der Waals surface area contributed by atoms with E-state index in [1.165, 1.54) is 0 Å². The highest BCUT2D eigenvalue weighted by molar-refractivity contribution is 5.66. The fourth-order valence-corrected chi connectivity index (χ4v) is 1.63. The molecular formula is C8H14N4O6. The number of aliphatic hydroxyl groups is 3. The molecule has 10 heteroatoms. The van der Waals surface area contributed by atoms with Crippen molar-refractivity contribution in [2.24, 2.45) is 10.8 Å². The zero-order chi connectivity index (χ0) is 13.9. The summed E-state index contributed by atoms with van der Waals surface area (Å²) < 4.78 is 9.71. The van der Waals surface area contributed by atoms with Crippen LogP contribution in [0.2, 0.25) is 0 Å². The van der Waals surface area contributed by atoms with E-state index >= 15 is 0 Å². The van der Waals surface area contributed by atoms with Crippen LogP contribution in [0.15, 0.2) is 5.11 Å². The SMILES string of the molecule is CC(=O)OC1(N=[N+]=[N-])O[C@H](CO)[C@@H](O)[C@H](O)[C@H]1N. The number of aliphatic hydroxyl groups excluding tert-OH is 3. The lowest BCUT2D eigenvalue weighted by Gasteiger charge is -2.45. The minimum Gasteiger partial charge on any atom is -0.424 e. The van der Waals surface area contributed by atoms with Gasteiger partial charge in [0.15, 0.2) is 0 Å². The molecule has 18 heavy (non-hydrogen) atoms. The standard InChI is InChI=1S/C8H14N4O6/c1-3(14)17-8(11-12-10)7(9)6(16)5(15)4(2-13)18-8/h4-7,13,15-16H,2,9H2,1H3/t4-,5-,6+,7-,8?/m1/s1. The van der Waals surface area contributed by atoms with Crippen molar-refractivity contribution in [1.29, 1.82) is 0 Å². The van der Waals surface area contributed by atoms with Gasteiger partial charge in [0.2, 0.25) is 0 Å². The van der Waals surface area contributed by atoms with Crippen molar-refractivity contribution in [2.75, 3.05) is 6.61 Å². The first-order valence-corrected chi connectivity index (χ1v) is 5.04. The minimum atomic E-state index is -2.30. The summed E-state index contributed by atoms with van der Waals surface area (Å²) in [6, 6.07) is -1.49. The number of hydrogen-bond donors (Lipinski definition) is 4. The molecule has 0 aromatic heterocycles. The van der Waals surface area contributed by atoms with Gasteiger partial charge in [-0.05, 0) is 10.6 Å². The van der Waals surface area contributed by atoms with Crippen LogP contribution < -0.4 is 5.73 Å². The van der Waals surface area contributed by atoms with Gasteiger partial charge in [-0.25, -0.2) is 0 Å². The quantitative estimate of drug-likeness (QED) is 0.196. The Morgan fingerprint density at radius 3 is 2.67 bits per heavy atom. The van der Waals surface area contributed by atoms with E-state index in [2.05, 4.69) is 10.0 Å².